The second-order valence-corrected chi connectivity index (χ2v) is 15.4. The molecule has 2 saturated heterocycles. The normalized spacial score (nSPS) is 27.1. The summed E-state index contributed by atoms with van der Waals surface area (Å²) in [7, 11) is 0. The first-order valence-electron chi connectivity index (χ1n) is 18.8. The predicted molar refractivity (Wildman–Crippen MR) is 200 cm³/mol. The van der Waals surface area contributed by atoms with Crippen LogP contribution >= 0.6 is 0 Å². The number of nitrogens with zero attached hydrogens (tertiary/aromatic N) is 6. The summed E-state index contributed by atoms with van der Waals surface area (Å²) in [4.78, 5) is 26.1. The van der Waals surface area contributed by atoms with Crippen molar-refractivity contribution in [3.05, 3.63) is 72.3 Å². The maximum atomic E-state index is 12.8. The van der Waals surface area contributed by atoms with E-state index < -0.39 is 0 Å². The van der Waals surface area contributed by atoms with E-state index in [4.69, 9.17) is 0 Å². The summed E-state index contributed by atoms with van der Waals surface area (Å²) in [6.45, 7) is 14.9. The Hall–Kier alpha value is -2.72. The molecule has 4 aliphatic rings. The molecule has 11 heteroatoms. The van der Waals surface area contributed by atoms with Crippen LogP contribution in [0.4, 0.5) is 0 Å². The van der Waals surface area contributed by atoms with E-state index in [2.05, 4.69) is 110 Å². The van der Waals surface area contributed by atoms with Crippen LogP contribution in [0.5, 0.6) is 0 Å². The smallest absolute Gasteiger partial charge is 1.00 e. The van der Waals surface area contributed by atoms with Gasteiger partial charge in [-0.1, -0.05) is 103 Å². The molecule has 1 amide bonds. The molecule has 0 bridgehead atoms. The maximum absolute atomic E-state index is 12.8. The molecule has 51 heavy (non-hydrogen) atoms. The quantitative estimate of drug-likeness (QED) is 0.153. The number of aromatic nitrogens is 6. The van der Waals surface area contributed by atoms with Crippen molar-refractivity contribution < 1.29 is 25.1 Å². The van der Waals surface area contributed by atoms with E-state index in [1.165, 1.54) is 82.0 Å². The van der Waals surface area contributed by atoms with Crippen LogP contribution in [0.2, 0.25) is 0 Å². The van der Waals surface area contributed by atoms with Crippen LogP contribution in [0.3, 0.4) is 0 Å². The minimum Gasteiger partial charge on any atom is -1.00 e. The van der Waals surface area contributed by atoms with Gasteiger partial charge in [-0.2, -0.15) is 10.2 Å². The number of hydrogen-bond donors (Lipinski definition) is 2. The fraction of sp³-hybridized carbons (Fsp3) is 0.575. The van der Waals surface area contributed by atoms with Gasteiger partial charge in [0, 0.05) is 65.5 Å². The van der Waals surface area contributed by atoms with Gasteiger partial charge in [0.05, 0.1) is 5.92 Å². The van der Waals surface area contributed by atoms with E-state index in [-0.39, 0.29) is 49.0 Å². The van der Waals surface area contributed by atoms with Crippen LogP contribution in [-0.2, 0) is 15.6 Å². The molecule has 5 unspecified atom stereocenters. The largest absolute Gasteiger partial charge is 1.00 e. The molecule has 3 radical (unpaired) electrons. The Bertz CT molecular complexity index is 1700. The van der Waals surface area contributed by atoms with Crippen molar-refractivity contribution in [2.45, 2.75) is 89.9 Å². The minimum absolute atomic E-state index is 0. The molecule has 0 spiro atoms. The second-order valence-electron chi connectivity index (χ2n) is 15.4. The van der Waals surface area contributed by atoms with E-state index in [0.717, 1.165) is 54.1 Å². The van der Waals surface area contributed by atoms with Crippen LogP contribution in [-0.4, -0.2) is 96.2 Å². The van der Waals surface area contributed by atoms with Gasteiger partial charge in [0.25, 0.3) is 0 Å². The van der Waals surface area contributed by atoms with E-state index in [1.54, 1.807) is 6.33 Å². The average Bonchev–Trinajstić information content (AvgIpc) is 3.67. The third-order valence-corrected chi connectivity index (χ3v) is 12.5. The summed E-state index contributed by atoms with van der Waals surface area (Å²) >= 11 is 0. The number of carbonyl (C=O) groups is 1. The number of hydrogen-bond acceptors (Lipinski definition) is 6. The van der Waals surface area contributed by atoms with Crippen LogP contribution in [0.25, 0.3) is 22.8 Å². The average molecular weight is 698 g/mol. The van der Waals surface area contributed by atoms with Gasteiger partial charge in [-0.3, -0.25) is 15.0 Å². The Morgan fingerprint density at radius 1 is 0.725 bits per heavy atom. The van der Waals surface area contributed by atoms with E-state index in [1.807, 2.05) is 6.07 Å². The SMILES string of the molecule is CCCCCCN1CC2C(C1)C2(C)c1cccc(-c2ncn[nH]2)c1.CCCCCCN1CC2C(C1=O)C2(C)c1cccc(-c2ncn[nH]2)c1.[Al].[H-].[Li+]. The standard InChI is InChI=1S/C20H26N4O.C20H28N4.Al.Li.H/c1-3-4-5-6-10-24-12-16-17(19(24)25)20(16,2)15-9-7-8-14(11-15)18-21-13-22-23-18;1-3-4-5-6-10-24-12-17-18(13-24)20(17,2)16-9-7-8-15(11-16)19-21-14-22-23-19;;;/h7-9,11,13,16-17H,3-6,10,12H2,1-2H3,(H,21,22,23);7-9,11,14,17-18H,3-6,10,12-13H2,1-2H3,(H,21,22,23);;;/q;;;+1;-1. The Morgan fingerprint density at radius 3 is 1.73 bits per heavy atom. The molecule has 4 heterocycles. The van der Waals surface area contributed by atoms with Gasteiger partial charge in [0.2, 0.25) is 5.91 Å². The van der Waals surface area contributed by atoms with Crippen LogP contribution in [0.15, 0.2) is 61.2 Å². The first-order valence-corrected chi connectivity index (χ1v) is 18.8. The zero-order valence-electron chi connectivity index (χ0n) is 32.4. The number of carbonyl (C=O) groups excluding carboxylic acids is 1. The Balaban J connectivity index is 0.000000220. The maximum Gasteiger partial charge on any atom is 1.00 e. The first-order chi connectivity index (χ1) is 23.9. The third kappa shape index (κ3) is 7.83. The second kappa shape index (κ2) is 17.0. The van der Waals surface area contributed by atoms with Crippen molar-refractivity contribution in [1.29, 1.82) is 0 Å². The molecule has 9 nitrogen and oxygen atoms in total. The van der Waals surface area contributed by atoms with Gasteiger partial charge >= 0.3 is 18.9 Å². The van der Waals surface area contributed by atoms with Gasteiger partial charge in [-0.25, -0.2) is 9.97 Å². The van der Waals surface area contributed by atoms with E-state index >= 15 is 0 Å². The summed E-state index contributed by atoms with van der Waals surface area (Å²) in [5.41, 5.74) is 5.23. The molecule has 2 aromatic carbocycles. The summed E-state index contributed by atoms with van der Waals surface area (Å²) in [5, 5.41) is 13.8. The van der Waals surface area contributed by atoms with Gasteiger partial charge in [0.15, 0.2) is 11.6 Å². The van der Waals surface area contributed by atoms with Crippen LogP contribution in [0.1, 0.15) is 91.6 Å². The monoisotopic (exact) mass is 697 g/mol. The molecule has 2 saturated carbocycles. The molecule has 265 valence electrons. The van der Waals surface area contributed by atoms with Crippen molar-refractivity contribution >= 4 is 23.3 Å². The first kappa shape index (κ1) is 39.5. The number of rotatable bonds is 14. The molecular weight excluding hydrogens is 642 g/mol. The summed E-state index contributed by atoms with van der Waals surface area (Å²) in [5.74, 6) is 4.26. The van der Waals surface area contributed by atoms with Crippen molar-refractivity contribution in [3.63, 3.8) is 0 Å². The summed E-state index contributed by atoms with van der Waals surface area (Å²) < 4.78 is 0. The number of nitrogens with one attached hydrogen (secondary N) is 2. The molecule has 2 N–H and O–H groups in total. The van der Waals surface area contributed by atoms with Gasteiger partial charge < -0.3 is 11.2 Å². The number of aromatic amines is 2. The van der Waals surface area contributed by atoms with Crippen molar-refractivity contribution in [1.82, 2.24) is 40.2 Å². The number of H-pyrrole nitrogens is 2. The summed E-state index contributed by atoms with van der Waals surface area (Å²) in [6.07, 6.45) is 13.4. The fourth-order valence-electron chi connectivity index (χ4n) is 9.20. The number of piperidine rings is 2. The molecule has 4 fully saturated rings. The third-order valence-electron chi connectivity index (χ3n) is 12.5. The molecule has 2 aliphatic carbocycles. The van der Waals surface area contributed by atoms with Crippen molar-refractivity contribution in [2.24, 2.45) is 23.7 Å². The van der Waals surface area contributed by atoms with E-state index in [0.29, 0.717) is 17.2 Å². The van der Waals surface area contributed by atoms with Crippen LogP contribution < -0.4 is 18.9 Å². The molecule has 4 aromatic rings. The predicted octanol–water partition coefficient (Wildman–Crippen LogP) is 4.00. The topological polar surface area (TPSA) is 107 Å². The zero-order valence-corrected chi connectivity index (χ0v) is 32.6. The minimum atomic E-state index is -0.0208. The van der Waals surface area contributed by atoms with Crippen molar-refractivity contribution in [3.8, 4) is 22.8 Å². The van der Waals surface area contributed by atoms with E-state index in [9.17, 15) is 4.79 Å². The van der Waals surface area contributed by atoms with Gasteiger partial charge in [-0.15, -0.1) is 0 Å². The Morgan fingerprint density at radius 2 is 1.25 bits per heavy atom. The molecule has 5 atom stereocenters. The number of benzene rings is 2. The Labute approximate surface area is 328 Å². The Kier molecular flexibility index (Phi) is 13.1. The number of fused-ring (bicyclic) bond motifs is 2. The number of likely N-dealkylation sites (tertiary alicyclic amines) is 2. The van der Waals surface area contributed by atoms with Crippen molar-refractivity contribution in [2.75, 3.05) is 32.7 Å². The fourth-order valence-corrected chi connectivity index (χ4v) is 9.20. The number of unbranched alkanes of at least 4 members (excludes halogenated alkanes) is 6. The molecular formula is C40H55AlLiN8O. The zero-order chi connectivity index (χ0) is 34.0. The molecule has 8 rings (SSSR count). The molecule has 2 aromatic heterocycles. The number of amides is 1. The molecule has 2 aliphatic heterocycles. The summed E-state index contributed by atoms with van der Waals surface area (Å²) in [6, 6.07) is 17.3. The van der Waals surface area contributed by atoms with Crippen LogP contribution in [0, 0.1) is 23.7 Å². The van der Waals surface area contributed by atoms with Gasteiger partial charge in [-0.05, 0) is 60.4 Å². The van der Waals surface area contributed by atoms with Gasteiger partial charge in [0.1, 0.15) is 12.7 Å².